The zero-order valence-corrected chi connectivity index (χ0v) is 17.1. The van der Waals surface area contributed by atoms with Crippen LogP contribution in [0.4, 0.5) is 5.69 Å². The van der Waals surface area contributed by atoms with Crippen molar-refractivity contribution < 1.29 is 14.2 Å². The van der Waals surface area contributed by atoms with Crippen molar-refractivity contribution in [2.24, 2.45) is 0 Å². The van der Waals surface area contributed by atoms with Crippen LogP contribution in [-0.4, -0.2) is 9.49 Å². The molecule has 0 aliphatic carbocycles. The molecular formula is C25H24N3O3+. The number of aromatic nitrogens is 2. The lowest BCUT2D eigenvalue weighted by Gasteiger charge is -2.18. The minimum Gasteiger partial charge on any atom is -0.481 e. The summed E-state index contributed by atoms with van der Waals surface area (Å²) in [6.07, 6.45) is 6.83. The van der Waals surface area contributed by atoms with Crippen LogP contribution in [0.3, 0.4) is 0 Å². The number of nitro groups is 1. The van der Waals surface area contributed by atoms with Gasteiger partial charge in [0.1, 0.15) is 24.7 Å². The van der Waals surface area contributed by atoms with Gasteiger partial charge in [-0.3, -0.25) is 10.1 Å². The Hall–Kier alpha value is -3.93. The van der Waals surface area contributed by atoms with E-state index in [1.54, 1.807) is 12.1 Å². The molecule has 1 unspecified atom stereocenters. The summed E-state index contributed by atoms with van der Waals surface area (Å²) in [6.45, 7) is 1.48. The van der Waals surface area contributed by atoms with Gasteiger partial charge < -0.3 is 4.74 Å². The average Bonchev–Trinajstić information content (AvgIpc) is 3.26. The number of hydrogen-bond donors (Lipinski definition) is 0. The standard InChI is InChI=1S/C25H24N3O3/c29-28(30)23-12-7-13-24(18-23)31-25(22-10-5-2-6-11-22)19-27-17-16-26(20-27)15-14-21-8-3-1-4-9-21/h1-13,16-18,20,25H,14-15,19H2/q+1. The lowest BCUT2D eigenvalue weighted by Crippen LogP contribution is -2.36. The second kappa shape index (κ2) is 9.71. The van der Waals surface area contributed by atoms with Crippen molar-refractivity contribution in [3.05, 3.63) is 125 Å². The van der Waals surface area contributed by atoms with E-state index in [-0.39, 0.29) is 11.8 Å². The maximum absolute atomic E-state index is 11.1. The molecule has 0 fully saturated rings. The third kappa shape index (κ3) is 5.57. The van der Waals surface area contributed by atoms with Crippen LogP contribution < -0.4 is 9.30 Å². The van der Waals surface area contributed by atoms with E-state index in [0.717, 1.165) is 18.5 Å². The van der Waals surface area contributed by atoms with Crippen LogP contribution in [0, 0.1) is 10.1 Å². The smallest absolute Gasteiger partial charge is 0.273 e. The Labute approximate surface area is 181 Å². The number of rotatable bonds is 9. The monoisotopic (exact) mass is 414 g/mol. The molecule has 0 N–H and O–H groups in total. The molecule has 0 amide bonds. The van der Waals surface area contributed by atoms with Gasteiger partial charge in [0.15, 0.2) is 6.10 Å². The van der Waals surface area contributed by atoms with E-state index in [1.165, 1.54) is 17.7 Å². The van der Waals surface area contributed by atoms with Gasteiger partial charge in [-0.1, -0.05) is 66.7 Å². The van der Waals surface area contributed by atoms with E-state index < -0.39 is 4.92 Å². The van der Waals surface area contributed by atoms with Gasteiger partial charge in [-0.05, 0) is 17.2 Å². The summed E-state index contributed by atoms with van der Waals surface area (Å²) in [6, 6.07) is 26.6. The normalized spacial score (nSPS) is 11.7. The molecule has 0 aliphatic rings. The zero-order valence-electron chi connectivity index (χ0n) is 17.1. The van der Waals surface area contributed by atoms with E-state index in [0.29, 0.717) is 12.3 Å². The Kier molecular flexibility index (Phi) is 6.38. The van der Waals surface area contributed by atoms with Gasteiger partial charge in [-0.2, -0.15) is 0 Å². The molecule has 3 aromatic carbocycles. The van der Waals surface area contributed by atoms with Crippen molar-refractivity contribution in [1.29, 1.82) is 0 Å². The van der Waals surface area contributed by atoms with Gasteiger partial charge in [0.25, 0.3) is 5.69 Å². The van der Waals surface area contributed by atoms with Crippen LogP contribution in [0.5, 0.6) is 5.75 Å². The van der Waals surface area contributed by atoms with Crippen molar-refractivity contribution in [3.8, 4) is 5.75 Å². The summed E-state index contributed by atoms with van der Waals surface area (Å²) in [5.74, 6) is 0.479. The summed E-state index contributed by atoms with van der Waals surface area (Å²) in [7, 11) is 0. The second-order valence-electron chi connectivity index (χ2n) is 7.36. The molecule has 0 saturated heterocycles. The molecule has 6 nitrogen and oxygen atoms in total. The number of imidazole rings is 1. The first-order valence-electron chi connectivity index (χ1n) is 10.2. The van der Waals surface area contributed by atoms with Crippen LogP contribution in [0.1, 0.15) is 17.2 Å². The van der Waals surface area contributed by atoms with Gasteiger partial charge >= 0.3 is 0 Å². The van der Waals surface area contributed by atoms with Crippen LogP contribution in [-0.2, 0) is 19.5 Å². The Morgan fingerprint density at radius 1 is 0.968 bits per heavy atom. The number of benzene rings is 3. The first-order valence-corrected chi connectivity index (χ1v) is 10.2. The lowest BCUT2D eigenvalue weighted by atomic mass is 10.1. The average molecular weight is 414 g/mol. The highest BCUT2D eigenvalue weighted by atomic mass is 16.6. The minimum absolute atomic E-state index is 0.0176. The fraction of sp³-hybridized carbons (Fsp3) is 0.160. The van der Waals surface area contributed by atoms with Crippen LogP contribution in [0.25, 0.3) is 0 Å². The first kappa shape index (κ1) is 20.3. The quantitative estimate of drug-likeness (QED) is 0.226. The lowest BCUT2D eigenvalue weighted by molar-refractivity contribution is -0.703. The molecule has 0 radical (unpaired) electrons. The highest BCUT2D eigenvalue weighted by molar-refractivity contribution is 5.38. The Balaban J connectivity index is 1.48. The minimum atomic E-state index is -0.411. The second-order valence-corrected chi connectivity index (χ2v) is 7.36. The summed E-state index contributed by atoms with van der Waals surface area (Å²) in [5, 5.41) is 11.1. The van der Waals surface area contributed by atoms with Crippen molar-refractivity contribution in [2.45, 2.75) is 25.6 Å². The number of ether oxygens (including phenoxy) is 1. The molecule has 156 valence electrons. The SMILES string of the molecule is O=[N+]([O-])c1cccc(OC(C[n+]2ccn(CCc3ccccc3)c2)c2ccccc2)c1. The molecule has 4 aromatic rings. The maximum atomic E-state index is 11.1. The third-order valence-electron chi connectivity index (χ3n) is 5.10. The molecule has 0 bridgehead atoms. The molecule has 1 heterocycles. The Morgan fingerprint density at radius 3 is 2.45 bits per heavy atom. The van der Waals surface area contributed by atoms with Crippen LogP contribution >= 0.6 is 0 Å². The summed E-state index contributed by atoms with van der Waals surface area (Å²) in [5.41, 5.74) is 2.33. The highest BCUT2D eigenvalue weighted by Crippen LogP contribution is 2.25. The number of nitro benzene ring substituents is 1. The molecule has 1 atom stereocenters. The molecule has 1 aromatic heterocycles. The van der Waals surface area contributed by atoms with Gasteiger partial charge in [-0.25, -0.2) is 9.13 Å². The molecule has 0 saturated carbocycles. The van der Waals surface area contributed by atoms with Gasteiger partial charge in [0, 0.05) is 12.5 Å². The van der Waals surface area contributed by atoms with Gasteiger partial charge in [0.05, 0.1) is 17.5 Å². The van der Waals surface area contributed by atoms with Crippen molar-refractivity contribution in [2.75, 3.05) is 0 Å². The maximum Gasteiger partial charge on any atom is 0.273 e. The summed E-state index contributed by atoms with van der Waals surface area (Å²) >= 11 is 0. The van der Waals surface area contributed by atoms with Crippen molar-refractivity contribution in [3.63, 3.8) is 0 Å². The van der Waals surface area contributed by atoms with E-state index in [9.17, 15) is 10.1 Å². The van der Waals surface area contributed by atoms with Crippen LogP contribution in [0.15, 0.2) is 104 Å². The number of aryl methyl sites for hydroxylation is 2. The zero-order chi connectivity index (χ0) is 21.5. The van der Waals surface area contributed by atoms with E-state index >= 15 is 0 Å². The molecule has 0 spiro atoms. The number of nitrogens with zero attached hydrogens (tertiary/aromatic N) is 3. The predicted molar refractivity (Wildman–Crippen MR) is 118 cm³/mol. The fourth-order valence-corrected chi connectivity index (χ4v) is 3.49. The largest absolute Gasteiger partial charge is 0.481 e. The van der Waals surface area contributed by atoms with Crippen molar-refractivity contribution >= 4 is 5.69 Å². The molecule has 4 rings (SSSR count). The number of non-ortho nitro benzene ring substituents is 1. The fourth-order valence-electron chi connectivity index (χ4n) is 3.49. The van der Waals surface area contributed by atoms with E-state index in [4.69, 9.17) is 4.74 Å². The first-order chi connectivity index (χ1) is 15.2. The summed E-state index contributed by atoms with van der Waals surface area (Å²) < 4.78 is 10.4. The molecule has 0 aliphatic heterocycles. The van der Waals surface area contributed by atoms with Crippen molar-refractivity contribution in [1.82, 2.24) is 4.57 Å². The van der Waals surface area contributed by atoms with Gasteiger partial charge in [0.2, 0.25) is 6.33 Å². The number of hydrogen-bond acceptors (Lipinski definition) is 3. The Morgan fingerprint density at radius 2 is 1.71 bits per heavy atom. The van der Waals surface area contributed by atoms with Gasteiger partial charge in [-0.15, -0.1) is 0 Å². The van der Waals surface area contributed by atoms with E-state index in [1.807, 2.05) is 42.6 Å². The molecule has 6 heteroatoms. The molecular weight excluding hydrogens is 390 g/mol. The third-order valence-corrected chi connectivity index (χ3v) is 5.10. The molecule has 31 heavy (non-hydrogen) atoms. The van der Waals surface area contributed by atoms with E-state index in [2.05, 4.69) is 45.9 Å². The Bertz CT molecular complexity index is 1130. The summed E-state index contributed by atoms with van der Waals surface area (Å²) in [4.78, 5) is 10.7. The predicted octanol–water partition coefficient (Wildman–Crippen LogP) is 4.75. The van der Waals surface area contributed by atoms with Crippen LogP contribution in [0.2, 0.25) is 0 Å². The highest BCUT2D eigenvalue weighted by Gasteiger charge is 2.19. The topological polar surface area (TPSA) is 61.2 Å².